The van der Waals surface area contributed by atoms with E-state index in [2.05, 4.69) is 287 Å². The molecule has 3 aromatic heterocycles. The van der Waals surface area contributed by atoms with E-state index in [0.29, 0.717) is 0 Å². The highest BCUT2D eigenvalue weighted by Gasteiger charge is 2.41. The molecule has 0 amide bonds. The third-order valence-corrected chi connectivity index (χ3v) is 19.6. The maximum Gasteiger partial charge on any atom is 0.179 e. The molecule has 70 heavy (non-hydrogen) atoms. The Balaban J connectivity index is 1.07. The molecule has 4 heteroatoms. The molecule has 3 nitrogen and oxygen atoms in total. The van der Waals surface area contributed by atoms with E-state index in [9.17, 15) is 0 Å². The summed E-state index contributed by atoms with van der Waals surface area (Å²) in [6.45, 7) is 0. The number of nitrogens with zero attached hydrogens (tertiary/aromatic N) is 3. The smallest absolute Gasteiger partial charge is 0.179 e. The fraction of sp³-hybridized carbons (Fsp3) is 0. The molecule has 14 aromatic rings. The lowest BCUT2D eigenvalue weighted by atomic mass is 10.0. The van der Waals surface area contributed by atoms with Crippen LogP contribution in [-0.4, -0.2) is 21.8 Å². The zero-order valence-corrected chi connectivity index (χ0v) is 39.3. The average Bonchev–Trinajstić information content (AvgIpc) is 4.07. The van der Waals surface area contributed by atoms with Gasteiger partial charge in [0.25, 0.3) is 0 Å². The van der Waals surface area contributed by atoms with Crippen molar-refractivity contribution < 1.29 is 0 Å². The van der Waals surface area contributed by atoms with Gasteiger partial charge in [-0.2, -0.15) is 0 Å². The summed E-state index contributed by atoms with van der Waals surface area (Å²) in [4.78, 5) is 0. The van der Waals surface area contributed by atoms with Crippen LogP contribution in [0.25, 0.3) is 93.6 Å². The molecule has 0 fully saturated rings. The molecule has 0 aliphatic carbocycles. The maximum absolute atomic E-state index is 2.83. The van der Waals surface area contributed by atoms with E-state index in [4.69, 9.17) is 0 Å². The quantitative estimate of drug-likeness (QED) is 0.107. The molecule has 328 valence electrons. The van der Waals surface area contributed by atoms with Crippen molar-refractivity contribution in [3.05, 3.63) is 273 Å². The standard InChI is InChI=1S/C66H45N3Si/c1-5-21-46(22-6-1)53-29-13-17-33-60(53)69-64-43-47(67-61-34-18-14-30-54(61)55-31-15-19-35-62(55)67)37-40-57(64)58-41-38-48(44-65(58)69)68-63-36-20-16-32-56(63)59-42-39-52(45-66(59)68)70(49-23-7-2-8-24-49,50-25-9-3-10-26-50)51-27-11-4-12-28-51/h1-45H. The van der Waals surface area contributed by atoms with Crippen LogP contribution in [-0.2, 0) is 0 Å². The van der Waals surface area contributed by atoms with Gasteiger partial charge in [-0.25, -0.2) is 0 Å². The average molecular weight is 908 g/mol. The Bertz CT molecular complexity index is 4130. The Morgan fingerprint density at radius 3 is 1.07 bits per heavy atom. The Labute approximate surface area is 407 Å². The highest BCUT2D eigenvalue weighted by molar-refractivity contribution is 7.20. The number of aromatic nitrogens is 3. The molecule has 0 aliphatic heterocycles. The van der Waals surface area contributed by atoms with Gasteiger partial charge in [0.15, 0.2) is 8.07 Å². The fourth-order valence-corrected chi connectivity index (χ4v) is 16.6. The van der Waals surface area contributed by atoms with Gasteiger partial charge in [0, 0.05) is 49.3 Å². The highest BCUT2D eigenvalue weighted by Crippen LogP contribution is 2.41. The Kier molecular flexibility index (Phi) is 9.23. The molecular formula is C66H45N3Si. The molecule has 0 saturated heterocycles. The minimum absolute atomic E-state index is 1.12. The van der Waals surface area contributed by atoms with E-state index in [-0.39, 0.29) is 0 Å². The first-order valence-corrected chi connectivity index (χ1v) is 26.2. The minimum atomic E-state index is -2.83. The third kappa shape index (κ3) is 6.00. The van der Waals surface area contributed by atoms with Crippen molar-refractivity contribution in [2.75, 3.05) is 0 Å². The van der Waals surface area contributed by atoms with Gasteiger partial charge >= 0.3 is 0 Å². The Morgan fingerprint density at radius 1 is 0.229 bits per heavy atom. The lowest BCUT2D eigenvalue weighted by Crippen LogP contribution is -2.74. The minimum Gasteiger partial charge on any atom is -0.309 e. The molecule has 0 atom stereocenters. The lowest BCUT2D eigenvalue weighted by molar-refractivity contribution is 1.14. The van der Waals surface area contributed by atoms with E-state index < -0.39 is 8.07 Å². The van der Waals surface area contributed by atoms with Crippen LogP contribution in [0.2, 0.25) is 0 Å². The molecule has 0 spiro atoms. The SMILES string of the molecule is c1ccc(-c2ccccc2-n2c3cc(-n4c5ccccc5c5ccccc54)ccc3c3ccc(-n4c5ccccc5c5ccc([Si](c6ccccc6)(c6ccccc6)c6ccccc6)cc54)cc32)cc1. The van der Waals surface area contributed by atoms with Crippen LogP contribution >= 0.6 is 0 Å². The van der Waals surface area contributed by atoms with Crippen LogP contribution < -0.4 is 20.7 Å². The zero-order chi connectivity index (χ0) is 46.2. The van der Waals surface area contributed by atoms with Crippen LogP contribution in [0.15, 0.2) is 273 Å². The molecule has 0 N–H and O–H groups in total. The molecule has 0 saturated carbocycles. The molecular weight excluding hydrogens is 863 g/mol. The first-order chi connectivity index (χ1) is 34.8. The van der Waals surface area contributed by atoms with Crippen LogP contribution in [0.4, 0.5) is 0 Å². The van der Waals surface area contributed by atoms with Crippen LogP contribution in [0.1, 0.15) is 0 Å². The van der Waals surface area contributed by atoms with Crippen molar-refractivity contribution in [3.8, 4) is 28.2 Å². The molecule has 11 aromatic carbocycles. The number of rotatable bonds is 8. The van der Waals surface area contributed by atoms with Gasteiger partial charge in [-0.3, -0.25) is 0 Å². The van der Waals surface area contributed by atoms with Crippen molar-refractivity contribution in [3.63, 3.8) is 0 Å². The maximum atomic E-state index is 2.52. The topological polar surface area (TPSA) is 14.8 Å². The Hall–Kier alpha value is -8.96. The van der Waals surface area contributed by atoms with Crippen molar-refractivity contribution in [1.29, 1.82) is 0 Å². The lowest BCUT2D eigenvalue weighted by Gasteiger charge is -2.34. The highest BCUT2D eigenvalue weighted by atomic mass is 28.3. The van der Waals surface area contributed by atoms with Gasteiger partial charge in [0.2, 0.25) is 0 Å². The fourth-order valence-electron chi connectivity index (χ4n) is 11.8. The van der Waals surface area contributed by atoms with Crippen molar-refractivity contribution in [2.24, 2.45) is 0 Å². The summed E-state index contributed by atoms with van der Waals surface area (Å²) in [7, 11) is -2.83. The van der Waals surface area contributed by atoms with E-state index in [1.807, 2.05) is 0 Å². The van der Waals surface area contributed by atoms with Gasteiger partial charge in [-0.15, -0.1) is 0 Å². The summed E-state index contributed by atoms with van der Waals surface area (Å²) >= 11 is 0. The van der Waals surface area contributed by atoms with E-state index in [1.165, 1.54) is 86.3 Å². The first-order valence-electron chi connectivity index (χ1n) is 24.2. The third-order valence-electron chi connectivity index (χ3n) is 14.8. The number of benzene rings is 11. The summed E-state index contributed by atoms with van der Waals surface area (Å²) in [5, 5.41) is 12.8. The summed E-state index contributed by atoms with van der Waals surface area (Å²) in [6.07, 6.45) is 0. The number of fused-ring (bicyclic) bond motifs is 9. The number of para-hydroxylation sites is 4. The normalized spacial score (nSPS) is 12.0. The van der Waals surface area contributed by atoms with Crippen LogP contribution in [0, 0.1) is 0 Å². The summed E-state index contributed by atoms with van der Waals surface area (Å²) < 4.78 is 7.47. The number of hydrogen-bond acceptors (Lipinski definition) is 0. The van der Waals surface area contributed by atoms with Crippen molar-refractivity contribution in [2.45, 2.75) is 0 Å². The molecule has 0 bridgehead atoms. The largest absolute Gasteiger partial charge is 0.309 e. The monoisotopic (exact) mass is 907 g/mol. The van der Waals surface area contributed by atoms with Crippen LogP contribution in [0.3, 0.4) is 0 Å². The molecule has 14 rings (SSSR count). The van der Waals surface area contributed by atoms with E-state index >= 15 is 0 Å². The summed E-state index contributed by atoms with van der Waals surface area (Å²) in [5.74, 6) is 0. The second-order valence-corrected chi connectivity index (χ2v) is 22.2. The first kappa shape index (κ1) is 40.1. The second-order valence-electron chi connectivity index (χ2n) is 18.4. The predicted molar refractivity (Wildman–Crippen MR) is 299 cm³/mol. The van der Waals surface area contributed by atoms with Gasteiger partial charge in [-0.05, 0) is 80.9 Å². The second kappa shape index (κ2) is 16.1. The van der Waals surface area contributed by atoms with Gasteiger partial charge in [-0.1, -0.05) is 218 Å². The van der Waals surface area contributed by atoms with E-state index in [1.54, 1.807) is 0 Å². The molecule has 3 heterocycles. The van der Waals surface area contributed by atoms with Crippen molar-refractivity contribution in [1.82, 2.24) is 13.7 Å². The van der Waals surface area contributed by atoms with E-state index in [0.717, 1.165) is 28.1 Å². The summed E-state index contributed by atoms with van der Waals surface area (Å²) in [6, 6.07) is 101. The molecule has 0 radical (unpaired) electrons. The Morgan fingerprint density at radius 2 is 0.586 bits per heavy atom. The van der Waals surface area contributed by atoms with Gasteiger partial charge in [0.05, 0.1) is 38.8 Å². The van der Waals surface area contributed by atoms with Gasteiger partial charge in [0.1, 0.15) is 0 Å². The summed E-state index contributed by atoms with van der Waals surface area (Å²) in [5.41, 5.74) is 12.8. The van der Waals surface area contributed by atoms with Crippen LogP contribution in [0.5, 0.6) is 0 Å². The number of hydrogen-bond donors (Lipinski definition) is 0. The molecule has 0 aliphatic rings. The predicted octanol–water partition coefficient (Wildman–Crippen LogP) is 14.0. The van der Waals surface area contributed by atoms with Gasteiger partial charge < -0.3 is 13.7 Å². The van der Waals surface area contributed by atoms with Crippen molar-refractivity contribution >= 4 is 94.2 Å². The molecule has 0 unspecified atom stereocenters. The zero-order valence-electron chi connectivity index (χ0n) is 38.3.